The molecule has 0 bridgehead atoms. The molecule has 7 heteroatoms. The van der Waals surface area contributed by atoms with Crippen LogP contribution in [0.3, 0.4) is 0 Å². The van der Waals surface area contributed by atoms with Crippen molar-refractivity contribution >= 4 is 5.91 Å². The topological polar surface area (TPSA) is 77.7 Å². The number of carbonyl (C=O) groups is 1. The summed E-state index contributed by atoms with van der Waals surface area (Å²) in [5, 5.41) is 3.93. The van der Waals surface area contributed by atoms with Gasteiger partial charge in [-0.2, -0.15) is 4.98 Å². The minimum absolute atomic E-state index is 0.00566. The van der Waals surface area contributed by atoms with Crippen molar-refractivity contribution in [2.75, 3.05) is 20.2 Å². The maximum atomic E-state index is 13.3. The highest BCUT2D eigenvalue weighted by Gasteiger charge is 2.53. The summed E-state index contributed by atoms with van der Waals surface area (Å²) in [4.78, 5) is 19.5. The van der Waals surface area contributed by atoms with Gasteiger partial charge in [0.15, 0.2) is 0 Å². The maximum absolute atomic E-state index is 13.3. The largest absolute Gasteiger partial charge is 0.497 e. The number of hydrogen-bond donors (Lipinski definition) is 0. The van der Waals surface area contributed by atoms with Gasteiger partial charge >= 0.3 is 0 Å². The van der Waals surface area contributed by atoms with E-state index in [2.05, 4.69) is 10.1 Å². The van der Waals surface area contributed by atoms with Crippen molar-refractivity contribution in [1.29, 1.82) is 0 Å². The number of aryl methyl sites for hydroxylation is 1. The number of amides is 1. The van der Waals surface area contributed by atoms with Crippen LogP contribution in [0.25, 0.3) is 11.4 Å². The monoisotopic (exact) mass is 419 g/mol. The zero-order valence-corrected chi connectivity index (χ0v) is 17.7. The van der Waals surface area contributed by atoms with Crippen LogP contribution in [0.4, 0.5) is 0 Å². The van der Waals surface area contributed by atoms with Gasteiger partial charge in [-0.3, -0.25) is 4.79 Å². The van der Waals surface area contributed by atoms with Gasteiger partial charge in [0, 0.05) is 25.5 Å². The number of carbonyl (C=O) groups excluding carboxylic acids is 1. The summed E-state index contributed by atoms with van der Waals surface area (Å²) < 4.78 is 16.4. The second-order valence-electron chi connectivity index (χ2n) is 8.25. The highest BCUT2D eigenvalue weighted by Crippen LogP contribution is 2.50. The van der Waals surface area contributed by atoms with Gasteiger partial charge in [-0.05, 0) is 54.8 Å². The number of ether oxygens (including phenoxy) is 2. The first-order chi connectivity index (χ1) is 15.1. The molecule has 2 aromatic carbocycles. The third kappa shape index (κ3) is 3.76. The van der Waals surface area contributed by atoms with Gasteiger partial charge in [0.05, 0.1) is 19.1 Å². The van der Waals surface area contributed by atoms with Crippen molar-refractivity contribution in [1.82, 2.24) is 15.0 Å². The molecule has 1 aliphatic heterocycles. The van der Waals surface area contributed by atoms with Gasteiger partial charge in [0.25, 0.3) is 0 Å². The van der Waals surface area contributed by atoms with Crippen LogP contribution in [-0.4, -0.2) is 47.3 Å². The third-order valence-electron chi connectivity index (χ3n) is 6.18. The minimum atomic E-state index is -0.370. The Morgan fingerprint density at radius 3 is 2.42 bits per heavy atom. The molecule has 0 N–H and O–H groups in total. The number of nitrogens with zero attached hydrogens (tertiary/aromatic N) is 3. The molecule has 1 saturated carbocycles. The van der Waals surface area contributed by atoms with Gasteiger partial charge < -0.3 is 18.9 Å². The quantitative estimate of drug-likeness (QED) is 0.605. The van der Waals surface area contributed by atoms with E-state index >= 15 is 0 Å². The first kappa shape index (κ1) is 19.6. The van der Waals surface area contributed by atoms with Gasteiger partial charge in [-0.1, -0.05) is 17.3 Å². The number of methoxy groups -OCH3 is 1. The van der Waals surface area contributed by atoms with E-state index in [-0.39, 0.29) is 17.4 Å². The van der Waals surface area contributed by atoms with Crippen LogP contribution in [-0.2, 0) is 10.2 Å². The van der Waals surface area contributed by atoms with Crippen LogP contribution >= 0.6 is 0 Å². The summed E-state index contributed by atoms with van der Waals surface area (Å²) in [5.74, 6) is 2.90. The average Bonchev–Trinajstić information content (AvgIpc) is 3.29. The molecule has 1 aliphatic carbocycles. The molecule has 5 rings (SSSR count). The van der Waals surface area contributed by atoms with Crippen LogP contribution in [0.2, 0.25) is 0 Å². The fraction of sp³-hybridized carbons (Fsp3) is 0.375. The van der Waals surface area contributed by atoms with E-state index < -0.39 is 0 Å². The first-order valence-corrected chi connectivity index (χ1v) is 10.6. The lowest BCUT2D eigenvalue weighted by Gasteiger charge is -2.24. The number of aromatic nitrogens is 2. The molecule has 3 aromatic rings. The standard InChI is InChI=1S/C24H25N3O4/c1-16-25-22(26-31-16)17-3-7-20(8-4-17)30-21-11-14-27(15-21)23(28)24(12-13-24)18-5-9-19(29-2)10-6-18/h3-10,21H,11-15H2,1-2H3. The molecular weight excluding hydrogens is 394 g/mol. The summed E-state index contributed by atoms with van der Waals surface area (Å²) in [6.07, 6.45) is 2.62. The van der Waals surface area contributed by atoms with E-state index in [9.17, 15) is 4.79 Å². The summed E-state index contributed by atoms with van der Waals surface area (Å²) in [6.45, 7) is 3.10. The highest BCUT2D eigenvalue weighted by molar-refractivity contribution is 5.91. The van der Waals surface area contributed by atoms with Crippen molar-refractivity contribution in [3.63, 3.8) is 0 Å². The lowest BCUT2D eigenvalue weighted by molar-refractivity contribution is -0.133. The lowest BCUT2D eigenvalue weighted by Crippen LogP contribution is -2.38. The van der Waals surface area contributed by atoms with Crippen molar-refractivity contribution in [3.8, 4) is 22.9 Å². The molecule has 0 radical (unpaired) electrons. The second-order valence-corrected chi connectivity index (χ2v) is 8.25. The van der Waals surface area contributed by atoms with Crippen LogP contribution < -0.4 is 9.47 Å². The van der Waals surface area contributed by atoms with Crippen molar-refractivity contribution in [3.05, 3.63) is 60.0 Å². The first-order valence-electron chi connectivity index (χ1n) is 10.6. The SMILES string of the molecule is COc1ccc(C2(C(=O)N3CCC(Oc4ccc(-c5noc(C)n5)cc4)C3)CC2)cc1. The Morgan fingerprint density at radius 2 is 1.81 bits per heavy atom. The molecular formula is C24H25N3O4. The molecule has 1 saturated heterocycles. The van der Waals surface area contributed by atoms with E-state index in [4.69, 9.17) is 14.0 Å². The van der Waals surface area contributed by atoms with E-state index in [1.54, 1.807) is 14.0 Å². The van der Waals surface area contributed by atoms with Crippen molar-refractivity contribution in [2.45, 2.75) is 37.7 Å². The van der Waals surface area contributed by atoms with Gasteiger partial charge in [-0.25, -0.2) is 0 Å². The van der Waals surface area contributed by atoms with Crippen LogP contribution in [0, 0.1) is 6.92 Å². The van der Waals surface area contributed by atoms with Crippen LogP contribution in [0.1, 0.15) is 30.7 Å². The fourth-order valence-electron chi connectivity index (χ4n) is 4.26. The molecule has 1 aromatic heterocycles. The van der Waals surface area contributed by atoms with Gasteiger partial charge in [-0.15, -0.1) is 0 Å². The molecule has 0 spiro atoms. The van der Waals surface area contributed by atoms with Crippen molar-refractivity contribution < 1.29 is 18.8 Å². The summed E-state index contributed by atoms with van der Waals surface area (Å²) in [6, 6.07) is 15.5. The Labute approximate surface area is 181 Å². The lowest BCUT2D eigenvalue weighted by atomic mass is 9.94. The van der Waals surface area contributed by atoms with E-state index in [0.717, 1.165) is 48.4 Å². The fourth-order valence-corrected chi connectivity index (χ4v) is 4.26. The Kier molecular flexibility index (Phi) is 4.88. The number of benzene rings is 2. The summed E-state index contributed by atoms with van der Waals surface area (Å²) in [5.41, 5.74) is 1.59. The highest BCUT2D eigenvalue weighted by atomic mass is 16.5. The zero-order chi connectivity index (χ0) is 21.4. The maximum Gasteiger partial charge on any atom is 0.233 e. The molecule has 2 fully saturated rings. The Balaban J connectivity index is 1.21. The average molecular weight is 419 g/mol. The van der Waals surface area contributed by atoms with E-state index in [1.807, 2.05) is 53.4 Å². The van der Waals surface area contributed by atoms with Crippen molar-refractivity contribution in [2.24, 2.45) is 0 Å². The normalized spacial score (nSPS) is 19.3. The summed E-state index contributed by atoms with van der Waals surface area (Å²) in [7, 11) is 1.65. The number of likely N-dealkylation sites (tertiary alicyclic amines) is 1. The molecule has 2 heterocycles. The van der Waals surface area contributed by atoms with E-state index in [0.29, 0.717) is 18.3 Å². The molecule has 160 valence electrons. The van der Waals surface area contributed by atoms with Gasteiger partial charge in [0.1, 0.15) is 17.6 Å². The number of hydrogen-bond acceptors (Lipinski definition) is 6. The molecule has 1 atom stereocenters. The number of rotatable bonds is 6. The van der Waals surface area contributed by atoms with Gasteiger partial charge in [0.2, 0.25) is 17.6 Å². The predicted molar refractivity (Wildman–Crippen MR) is 114 cm³/mol. The molecule has 31 heavy (non-hydrogen) atoms. The third-order valence-corrected chi connectivity index (χ3v) is 6.18. The molecule has 1 unspecified atom stereocenters. The Hall–Kier alpha value is -3.35. The molecule has 7 nitrogen and oxygen atoms in total. The summed E-state index contributed by atoms with van der Waals surface area (Å²) >= 11 is 0. The zero-order valence-electron chi connectivity index (χ0n) is 17.7. The van der Waals surface area contributed by atoms with Crippen LogP contribution in [0.5, 0.6) is 11.5 Å². The predicted octanol–water partition coefficient (Wildman–Crippen LogP) is 3.77. The van der Waals surface area contributed by atoms with E-state index in [1.165, 1.54) is 0 Å². The molecule has 1 amide bonds. The van der Waals surface area contributed by atoms with Crippen LogP contribution in [0.15, 0.2) is 53.1 Å². The molecule has 2 aliphatic rings. The Morgan fingerprint density at radius 1 is 1.10 bits per heavy atom. The smallest absolute Gasteiger partial charge is 0.233 e. The Bertz CT molecular complexity index is 1070. The minimum Gasteiger partial charge on any atom is -0.497 e. The second kappa shape index (κ2) is 7.72.